The van der Waals surface area contributed by atoms with Crippen LogP contribution < -0.4 is 5.43 Å². The van der Waals surface area contributed by atoms with E-state index in [9.17, 15) is 15.2 Å². The molecule has 8 heteroatoms. The molecule has 2 N–H and O–H groups in total. The van der Waals surface area contributed by atoms with Crippen molar-refractivity contribution in [2.45, 2.75) is 58.9 Å². The summed E-state index contributed by atoms with van der Waals surface area (Å²) in [4.78, 5) is 14.1. The SMILES string of the molecule is Cn1c(C=NNCc2cc(C(C)(C)C)c(O)c(C(C)(C)C)c2)cnc1[N+](=O)[O-]. The van der Waals surface area contributed by atoms with Crippen molar-refractivity contribution in [1.29, 1.82) is 0 Å². The second-order valence-electron chi connectivity index (χ2n) is 8.93. The molecule has 1 heterocycles. The smallest absolute Gasteiger partial charge is 0.434 e. The largest absolute Gasteiger partial charge is 0.507 e. The lowest BCUT2D eigenvalue weighted by atomic mass is 9.78. The number of phenols is 1. The van der Waals surface area contributed by atoms with Gasteiger partial charge in [0.15, 0.2) is 5.69 Å². The number of aromatic nitrogens is 2. The van der Waals surface area contributed by atoms with Gasteiger partial charge in [-0.25, -0.2) is 4.57 Å². The zero-order valence-corrected chi connectivity index (χ0v) is 17.6. The van der Waals surface area contributed by atoms with Crippen LogP contribution in [0.25, 0.3) is 0 Å². The number of rotatable bonds is 5. The number of hydrogen-bond donors (Lipinski definition) is 2. The molecule has 28 heavy (non-hydrogen) atoms. The van der Waals surface area contributed by atoms with E-state index in [2.05, 4.69) is 57.1 Å². The predicted octanol–water partition coefficient (Wildman–Crippen LogP) is 3.75. The standard InChI is InChI=1S/C20H29N5O3/c1-19(2,3)15-8-13(9-16(17(15)26)20(4,5)6)10-22-23-12-14-11-21-18(24(14)7)25(27)28/h8-9,11-12,22,26H,10H2,1-7H3. The van der Waals surface area contributed by atoms with Gasteiger partial charge in [-0.2, -0.15) is 5.10 Å². The highest BCUT2D eigenvalue weighted by atomic mass is 16.6. The first kappa shape index (κ1) is 21.4. The minimum Gasteiger partial charge on any atom is -0.507 e. The van der Waals surface area contributed by atoms with E-state index in [4.69, 9.17) is 0 Å². The third-order valence-electron chi connectivity index (χ3n) is 4.52. The molecule has 0 saturated carbocycles. The number of benzene rings is 1. The Bertz CT molecular complexity index is 867. The number of phenolic OH excluding ortho intramolecular Hbond substituents is 1. The monoisotopic (exact) mass is 387 g/mol. The number of aromatic hydroxyl groups is 1. The highest BCUT2D eigenvalue weighted by Gasteiger charge is 2.26. The zero-order valence-electron chi connectivity index (χ0n) is 17.6. The molecule has 0 amide bonds. The Hall–Kier alpha value is -2.90. The lowest BCUT2D eigenvalue weighted by Gasteiger charge is -2.28. The van der Waals surface area contributed by atoms with Crippen molar-refractivity contribution in [2.75, 3.05) is 0 Å². The Labute approximate surface area is 165 Å². The van der Waals surface area contributed by atoms with Gasteiger partial charge in [-0.3, -0.25) is 0 Å². The minimum atomic E-state index is -0.538. The Balaban J connectivity index is 2.23. The molecule has 1 aromatic carbocycles. The van der Waals surface area contributed by atoms with Crippen LogP contribution in [0.4, 0.5) is 5.95 Å². The molecule has 0 aliphatic heterocycles. The molecule has 0 spiro atoms. The van der Waals surface area contributed by atoms with E-state index in [1.54, 1.807) is 7.05 Å². The van der Waals surface area contributed by atoms with Crippen LogP contribution in [0.2, 0.25) is 0 Å². The van der Waals surface area contributed by atoms with Crippen molar-refractivity contribution in [2.24, 2.45) is 12.1 Å². The number of nitro groups is 1. The molecule has 0 fully saturated rings. The molecule has 1 aromatic heterocycles. The van der Waals surface area contributed by atoms with Crippen molar-refractivity contribution in [3.63, 3.8) is 0 Å². The number of nitrogens with zero attached hydrogens (tertiary/aromatic N) is 4. The molecule has 152 valence electrons. The summed E-state index contributed by atoms with van der Waals surface area (Å²) in [6.45, 7) is 12.9. The summed E-state index contributed by atoms with van der Waals surface area (Å²) in [6.07, 6.45) is 2.90. The molecule has 0 aliphatic carbocycles. The van der Waals surface area contributed by atoms with Gasteiger partial charge in [0.2, 0.25) is 0 Å². The van der Waals surface area contributed by atoms with Crippen LogP contribution in [0.15, 0.2) is 23.4 Å². The van der Waals surface area contributed by atoms with Crippen LogP contribution in [0.1, 0.15) is 63.9 Å². The van der Waals surface area contributed by atoms with Crippen molar-refractivity contribution in [1.82, 2.24) is 15.0 Å². The van der Waals surface area contributed by atoms with Gasteiger partial charge in [0.1, 0.15) is 11.9 Å². The number of hydrogen-bond acceptors (Lipinski definition) is 6. The van der Waals surface area contributed by atoms with Gasteiger partial charge in [0, 0.05) is 0 Å². The molecule has 0 radical (unpaired) electrons. The number of imidazole rings is 1. The average Bonchev–Trinajstić information content (AvgIpc) is 2.91. The summed E-state index contributed by atoms with van der Waals surface area (Å²) >= 11 is 0. The number of hydrazone groups is 1. The maximum absolute atomic E-state index is 10.8. The highest BCUT2D eigenvalue weighted by molar-refractivity contribution is 5.77. The maximum Gasteiger partial charge on any atom is 0.434 e. The highest BCUT2D eigenvalue weighted by Crippen LogP contribution is 2.39. The van der Waals surface area contributed by atoms with Gasteiger partial charge in [-0.1, -0.05) is 46.5 Å². The van der Waals surface area contributed by atoms with Gasteiger partial charge >= 0.3 is 5.95 Å². The molecular formula is C20H29N5O3. The van der Waals surface area contributed by atoms with Crippen molar-refractivity contribution >= 4 is 12.2 Å². The first-order chi connectivity index (χ1) is 12.8. The summed E-state index contributed by atoms with van der Waals surface area (Å²) in [6, 6.07) is 3.98. The van der Waals surface area contributed by atoms with Crippen LogP contribution in [-0.2, 0) is 24.4 Å². The van der Waals surface area contributed by atoms with Gasteiger partial charge in [-0.15, -0.1) is 0 Å². The predicted molar refractivity (Wildman–Crippen MR) is 110 cm³/mol. The van der Waals surface area contributed by atoms with Gasteiger partial charge < -0.3 is 20.6 Å². The van der Waals surface area contributed by atoms with E-state index < -0.39 is 4.92 Å². The van der Waals surface area contributed by atoms with E-state index in [0.717, 1.165) is 16.7 Å². The molecular weight excluding hydrogens is 358 g/mol. The van der Waals surface area contributed by atoms with Gasteiger partial charge in [0.05, 0.1) is 19.8 Å². The second-order valence-corrected chi connectivity index (χ2v) is 8.93. The van der Waals surface area contributed by atoms with Crippen LogP contribution in [0.5, 0.6) is 5.75 Å². The lowest BCUT2D eigenvalue weighted by Crippen LogP contribution is -2.19. The molecule has 0 unspecified atom stereocenters. The maximum atomic E-state index is 10.8. The van der Waals surface area contributed by atoms with Crippen LogP contribution in [0.3, 0.4) is 0 Å². The third kappa shape index (κ3) is 4.68. The summed E-state index contributed by atoms with van der Waals surface area (Å²) in [7, 11) is 1.57. The summed E-state index contributed by atoms with van der Waals surface area (Å²) in [5.74, 6) is 0.110. The van der Waals surface area contributed by atoms with E-state index in [0.29, 0.717) is 18.0 Å². The fourth-order valence-corrected chi connectivity index (χ4v) is 2.89. The van der Waals surface area contributed by atoms with E-state index in [-0.39, 0.29) is 16.8 Å². The molecule has 2 aromatic rings. The Morgan fingerprint density at radius 1 is 1.21 bits per heavy atom. The zero-order chi connectivity index (χ0) is 21.3. The van der Waals surface area contributed by atoms with Crippen molar-refractivity contribution < 1.29 is 10.0 Å². The Morgan fingerprint density at radius 2 is 1.75 bits per heavy atom. The minimum absolute atomic E-state index is 0.197. The number of nitrogens with one attached hydrogen (secondary N) is 1. The van der Waals surface area contributed by atoms with Crippen LogP contribution >= 0.6 is 0 Å². The summed E-state index contributed by atoms with van der Waals surface area (Å²) in [5.41, 5.74) is 5.88. The van der Waals surface area contributed by atoms with E-state index in [1.807, 2.05) is 12.1 Å². The van der Waals surface area contributed by atoms with Gasteiger partial charge in [-0.05, 0) is 44.6 Å². The second kappa shape index (κ2) is 7.61. The summed E-state index contributed by atoms with van der Waals surface area (Å²) < 4.78 is 1.36. The lowest BCUT2D eigenvalue weighted by molar-refractivity contribution is -0.396. The molecule has 0 saturated heterocycles. The van der Waals surface area contributed by atoms with Crippen molar-refractivity contribution in [3.05, 3.63) is 50.8 Å². The normalized spacial score (nSPS) is 12.5. The third-order valence-corrected chi connectivity index (χ3v) is 4.52. The fourth-order valence-electron chi connectivity index (χ4n) is 2.89. The first-order valence-corrected chi connectivity index (χ1v) is 9.11. The van der Waals surface area contributed by atoms with E-state index >= 15 is 0 Å². The van der Waals surface area contributed by atoms with Crippen LogP contribution in [0, 0.1) is 10.1 Å². The first-order valence-electron chi connectivity index (χ1n) is 9.11. The summed E-state index contributed by atoms with van der Waals surface area (Å²) in [5, 5.41) is 25.8. The topological polar surface area (TPSA) is 106 Å². The fraction of sp³-hybridized carbons (Fsp3) is 0.500. The average molecular weight is 387 g/mol. The van der Waals surface area contributed by atoms with Crippen LogP contribution in [-0.4, -0.2) is 25.8 Å². The Kier molecular flexibility index (Phi) is 5.82. The molecule has 0 aliphatic rings. The van der Waals surface area contributed by atoms with E-state index in [1.165, 1.54) is 17.0 Å². The molecule has 0 bridgehead atoms. The Morgan fingerprint density at radius 3 is 2.18 bits per heavy atom. The molecule has 0 atom stereocenters. The molecule has 2 rings (SSSR count). The van der Waals surface area contributed by atoms with Gasteiger partial charge in [0.25, 0.3) is 0 Å². The van der Waals surface area contributed by atoms with Crippen molar-refractivity contribution in [3.8, 4) is 5.75 Å². The molecule has 8 nitrogen and oxygen atoms in total. The quantitative estimate of drug-likeness (QED) is 0.462.